The van der Waals surface area contributed by atoms with Gasteiger partial charge in [0.25, 0.3) is 0 Å². The number of hydrogen-bond donors (Lipinski definition) is 0. The second-order valence-electron chi connectivity index (χ2n) is 7.75. The van der Waals surface area contributed by atoms with Crippen molar-refractivity contribution in [2.45, 2.75) is 42.4 Å². The Morgan fingerprint density at radius 1 is 1.00 bits per heavy atom. The molecule has 5 aromatic rings. The molecule has 0 amide bonds. The number of hydrogen-bond acceptors (Lipinski definition) is 7. The summed E-state index contributed by atoms with van der Waals surface area (Å²) in [5, 5.41) is 14.1. The van der Waals surface area contributed by atoms with Crippen LogP contribution in [0.3, 0.4) is 0 Å². The molecule has 0 atom stereocenters. The predicted octanol–water partition coefficient (Wildman–Crippen LogP) is 6.06. The van der Waals surface area contributed by atoms with Crippen LogP contribution < -0.4 is 0 Å². The fourth-order valence-electron chi connectivity index (χ4n) is 3.80. The third-order valence-corrected chi connectivity index (χ3v) is 7.45. The first-order valence-corrected chi connectivity index (χ1v) is 12.4. The van der Waals surface area contributed by atoms with Gasteiger partial charge < -0.3 is 4.57 Å². The van der Waals surface area contributed by atoms with Crippen LogP contribution in [0.15, 0.2) is 70.4 Å². The summed E-state index contributed by atoms with van der Waals surface area (Å²) in [7, 11) is 0. The van der Waals surface area contributed by atoms with Gasteiger partial charge in [-0.25, -0.2) is 9.97 Å². The van der Waals surface area contributed by atoms with E-state index >= 15 is 0 Å². The molecule has 0 unspecified atom stereocenters. The zero-order valence-electron chi connectivity index (χ0n) is 17.5. The Bertz CT molecular complexity index is 1390. The lowest BCUT2D eigenvalue weighted by molar-refractivity contribution is 0.686. The summed E-state index contributed by atoms with van der Waals surface area (Å²) < 4.78 is 2.14. The number of aromatic nitrogens is 6. The van der Waals surface area contributed by atoms with Gasteiger partial charge in [0.05, 0.1) is 5.39 Å². The van der Waals surface area contributed by atoms with E-state index in [4.69, 9.17) is 9.97 Å². The van der Waals surface area contributed by atoms with E-state index in [9.17, 15) is 0 Å². The van der Waals surface area contributed by atoms with Crippen molar-refractivity contribution in [2.24, 2.45) is 0 Å². The van der Waals surface area contributed by atoms with E-state index in [0.29, 0.717) is 5.92 Å². The molecule has 1 aromatic carbocycles. The first-order chi connectivity index (χ1) is 15.8. The standard InChI is InChI=1S/C24H20N6S2/c1-2-30-21(17-10-12-25-13-11-17)28-29-24(30)32-23-19-18(15-6-4-3-5-7-15)14-31-22(19)26-20(27-23)16-8-9-16/h3-7,10-14,16H,2,8-9H2,1H3. The Labute approximate surface area is 193 Å². The fourth-order valence-corrected chi connectivity index (χ4v) is 5.85. The molecule has 6 nitrogen and oxygen atoms in total. The molecule has 6 rings (SSSR count). The van der Waals surface area contributed by atoms with Crippen molar-refractivity contribution >= 4 is 33.3 Å². The van der Waals surface area contributed by atoms with Crippen LogP contribution in [0.2, 0.25) is 0 Å². The van der Waals surface area contributed by atoms with Crippen molar-refractivity contribution in [1.29, 1.82) is 0 Å². The Balaban J connectivity index is 1.49. The van der Waals surface area contributed by atoms with Crippen LogP contribution in [0, 0.1) is 0 Å². The van der Waals surface area contributed by atoms with E-state index in [1.54, 1.807) is 35.5 Å². The SMILES string of the molecule is CCn1c(Sc2nc(C3CC3)nc3scc(-c4ccccc4)c23)nnc1-c1ccncc1. The summed E-state index contributed by atoms with van der Waals surface area (Å²) in [5.74, 6) is 2.29. The molecule has 8 heteroatoms. The van der Waals surface area contributed by atoms with Gasteiger partial charge in [-0.1, -0.05) is 30.3 Å². The molecular formula is C24H20N6S2. The minimum absolute atomic E-state index is 0.484. The molecule has 158 valence electrons. The predicted molar refractivity (Wildman–Crippen MR) is 128 cm³/mol. The van der Waals surface area contributed by atoms with Gasteiger partial charge in [0.15, 0.2) is 11.0 Å². The minimum atomic E-state index is 0.484. The maximum absolute atomic E-state index is 5.04. The molecule has 1 fully saturated rings. The maximum Gasteiger partial charge on any atom is 0.197 e. The fraction of sp³-hybridized carbons (Fsp3) is 0.208. The van der Waals surface area contributed by atoms with Crippen molar-refractivity contribution in [3.8, 4) is 22.5 Å². The van der Waals surface area contributed by atoms with E-state index in [-0.39, 0.29) is 0 Å². The van der Waals surface area contributed by atoms with Gasteiger partial charge in [0.1, 0.15) is 15.7 Å². The molecule has 32 heavy (non-hydrogen) atoms. The highest BCUT2D eigenvalue weighted by atomic mass is 32.2. The van der Waals surface area contributed by atoms with Crippen LogP contribution in [0.1, 0.15) is 31.5 Å². The highest BCUT2D eigenvalue weighted by Gasteiger charge is 2.29. The number of thiophene rings is 1. The summed E-state index contributed by atoms with van der Waals surface area (Å²) in [6, 6.07) is 14.4. The molecule has 0 N–H and O–H groups in total. The number of pyridine rings is 1. The number of nitrogens with zero attached hydrogens (tertiary/aromatic N) is 6. The summed E-state index contributed by atoms with van der Waals surface area (Å²) >= 11 is 3.28. The Kier molecular flexibility index (Phi) is 4.96. The molecular weight excluding hydrogens is 436 g/mol. The molecule has 0 bridgehead atoms. The summed E-state index contributed by atoms with van der Waals surface area (Å²) in [6.07, 6.45) is 5.90. The molecule has 0 aliphatic heterocycles. The lowest BCUT2D eigenvalue weighted by Crippen LogP contribution is -2.01. The van der Waals surface area contributed by atoms with Gasteiger partial charge in [0.2, 0.25) is 0 Å². The topological polar surface area (TPSA) is 69.4 Å². The Morgan fingerprint density at radius 2 is 1.81 bits per heavy atom. The number of fused-ring (bicyclic) bond motifs is 1. The van der Waals surface area contributed by atoms with Crippen LogP contribution >= 0.6 is 23.1 Å². The van der Waals surface area contributed by atoms with Gasteiger partial charge in [-0.2, -0.15) is 0 Å². The molecule has 0 saturated heterocycles. The van der Waals surface area contributed by atoms with Gasteiger partial charge in [-0.15, -0.1) is 21.5 Å². The van der Waals surface area contributed by atoms with Crippen molar-refractivity contribution in [1.82, 2.24) is 29.7 Å². The van der Waals surface area contributed by atoms with E-state index in [1.165, 1.54) is 24.0 Å². The Morgan fingerprint density at radius 3 is 2.56 bits per heavy atom. The van der Waals surface area contributed by atoms with Gasteiger partial charge in [0, 0.05) is 41.4 Å². The second kappa shape index (κ2) is 8.11. The van der Waals surface area contributed by atoms with Crippen molar-refractivity contribution in [3.05, 3.63) is 66.1 Å². The first kappa shape index (κ1) is 19.6. The lowest BCUT2D eigenvalue weighted by Gasteiger charge is -2.09. The highest BCUT2D eigenvalue weighted by Crippen LogP contribution is 2.44. The summed E-state index contributed by atoms with van der Waals surface area (Å²) in [5.41, 5.74) is 3.36. The molecule has 0 radical (unpaired) electrons. The third kappa shape index (κ3) is 3.49. The zero-order chi connectivity index (χ0) is 21.5. The number of benzene rings is 1. The first-order valence-electron chi connectivity index (χ1n) is 10.7. The molecule has 1 aliphatic carbocycles. The molecule has 4 aromatic heterocycles. The van der Waals surface area contributed by atoms with Crippen LogP contribution in [-0.2, 0) is 6.54 Å². The normalized spacial score (nSPS) is 13.7. The van der Waals surface area contributed by atoms with Crippen LogP contribution in [-0.4, -0.2) is 29.7 Å². The largest absolute Gasteiger partial charge is 0.302 e. The van der Waals surface area contributed by atoms with E-state index in [1.807, 2.05) is 18.2 Å². The Hall–Kier alpha value is -3.10. The van der Waals surface area contributed by atoms with Crippen molar-refractivity contribution in [3.63, 3.8) is 0 Å². The van der Waals surface area contributed by atoms with Gasteiger partial charge in [-0.3, -0.25) is 4.98 Å². The van der Waals surface area contributed by atoms with E-state index in [0.717, 1.165) is 44.2 Å². The second-order valence-corrected chi connectivity index (χ2v) is 9.56. The van der Waals surface area contributed by atoms with Crippen LogP contribution in [0.25, 0.3) is 32.7 Å². The third-order valence-electron chi connectivity index (χ3n) is 5.60. The van der Waals surface area contributed by atoms with E-state index in [2.05, 4.69) is 56.3 Å². The average Bonchev–Trinajstić information content (AvgIpc) is 3.48. The summed E-state index contributed by atoms with van der Waals surface area (Å²) in [6.45, 7) is 2.88. The van der Waals surface area contributed by atoms with Crippen LogP contribution in [0.4, 0.5) is 0 Å². The van der Waals surface area contributed by atoms with Crippen molar-refractivity contribution < 1.29 is 0 Å². The van der Waals surface area contributed by atoms with E-state index < -0.39 is 0 Å². The molecule has 1 aliphatic rings. The average molecular weight is 457 g/mol. The quantitative estimate of drug-likeness (QED) is 0.289. The van der Waals surface area contributed by atoms with Gasteiger partial charge in [-0.05, 0) is 49.2 Å². The molecule has 0 spiro atoms. The smallest absolute Gasteiger partial charge is 0.197 e. The van der Waals surface area contributed by atoms with Gasteiger partial charge >= 0.3 is 0 Å². The van der Waals surface area contributed by atoms with Crippen molar-refractivity contribution in [2.75, 3.05) is 0 Å². The number of rotatable bonds is 6. The molecule has 1 saturated carbocycles. The highest BCUT2D eigenvalue weighted by molar-refractivity contribution is 7.99. The minimum Gasteiger partial charge on any atom is -0.302 e. The molecule has 4 heterocycles. The monoisotopic (exact) mass is 456 g/mol. The maximum atomic E-state index is 5.04. The lowest BCUT2D eigenvalue weighted by atomic mass is 10.1. The van der Waals surface area contributed by atoms with Crippen LogP contribution in [0.5, 0.6) is 0 Å². The zero-order valence-corrected chi connectivity index (χ0v) is 19.1. The summed E-state index contributed by atoms with van der Waals surface area (Å²) in [4.78, 5) is 15.1.